The third-order valence-corrected chi connectivity index (χ3v) is 4.20. The molecule has 0 aliphatic carbocycles. The number of nitrogens with zero attached hydrogens (tertiary/aromatic N) is 5. The molecule has 1 heterocycles. The molecule has 1 aromatic carbocycles. The van der Waals surface area contributed by atoms with Crippen molar-refractivity contribution in [3.63, 3.8) is 0 Å². The quantitative estimate of drug-likeness (QED) is 0.401. The molecule has 6 nitrogen and oxygen atoms in total. The van der Waals surface area contributed by atoms with Gasteiger partial charge in [0.25, 0.3) is 0 Å². The fourth-order valence-corrected chi connectivity index (χ4v) is 2.80. The number of imidazole rings is 1. The fraction of sp³-hybridized carbons (Fsp3) is 0.471. The molecule has 0 spiro atoms. The third kappa shape index (κ3) is 4.05. The second-order valence-electron chi connectivity index (χ2n) is 5.49. The Morgan fingerprint density at radius 1 is 1.26 bits per heavy atom. The summed E-state index contributed by atoms with van der Waals surface area (Å²) in [5.74, 6) is 1.96. The maximum Gasteiger partial charge on any atom is 0.118 e. The summed E-state index contributed by atoms with van der Waals surface area (Å²) in [4.78, 5) is 7.49. The first-order valence-electron chi connectivity index (χ1n) is 7.91. The van der Waals surface area contributed by atoms with Gasteiger partial charge in [0.2, 0.25) is 0 Å². The Bertz CT molecular complexity index is 654. The van der Waals surface area contributed by atoms with Crippen molar-refractivity contribution in [2.24, 2.45) is 11.0 Å². The van der Waals surface area contributed by atoms with Gasteiger partial charge in [0.1, 0.15) is 11.6 Å². The van der Waals surface area contributed by atoms with Gasteiger partial charge in [0.15, 0.2) is 0 Å². The molecular formula is C17H23N5O. The highest BCUT2D eigenvalue weighted by atomic mass is 16.5. The minimum Gasteiger partial charge on any atom is -0.497 e. The highest BCUT2D eigenvalue weighted by Crippen LogP contribution is 2.30. The molecule has 6 heteroatoms. The minimum atomic E-state index is -0.233. The zero-order chi connectivity index (χ0) is 16.7. The normalized spacial score (nSPS) is 12.0. The van der Waals surface area contributed by atoms with Crippen LogP contribution in [0.5, 0.6) is 5.75 Å². The Balaban J connectivity index is 2.27. The average molecular weight is 313 g/mol. The summed E-state index contributed by atoms with van der Waals surface area (Å²) in [5.41, 5.74) is 10.1. The van der Waals surface area contributed by atoms with Crippen LogP contribution in [0.25, 0.3) is 10.4 Å². The van der Waals surface area contributed by atoms with Gasteiger partial charge in [-0.05, 0) is 29.1 Å². The van der Waals surface area contributed by atoms with Gasteiger partial charge in [-0.2, -0.15) is 0 Å². The number of aromatic nitrogens is 2. The van der Waals surface area contributed by atoms with Gasteiger partial charge in [-0.3, -0.25) is 0 Å². The molecule has 1 aromatic heterocycles. The lowest BCUT2D eigenvalue weighted by Gasteiger charge is -2.21. The van der Waals surface area contributed by atoms with Crippen LogP contribution < -0.4 is 4.74 Å². The van der Waals surface area contributed by atoms with Crippen molar-refractivity contribution in [2.75, 3.05) is 7.11 Å². The van der Waals surface area contributed by atoms with Crippen LogP contribution in [0.3, 0.4) is 0 Å². The monoisotopic (exact) mass is 313 g/mol. The summed E-state index contributed by atoms with van der Waals surface area (Å²) >= 11 is 0. The van der Waals surface area contributed by atoms with E-state index in [4.69, 9.17) is 10.3 Å². The molecule has 1 atom stereocenters. The SMILES string of the molecule is CCC(CC)C(N=[N+]=[N-])c1nccn1Cc1ccc(OC)cc1. The largest absolute Gasteiger partial charge is 0.497 e. The molecule has 122 valence electrons. The van der Waals surface area contributed by atoms with Crippen LogP contribution in [0.2, 0.25) is 0 Å². The van der Waals surface area contributed by atoms with Gasteiger partial charge in [-0.1, -0.05) is 43.9 Å². The van der Waals surface area contributed by atoms with Crippen molar-refractivity contribution < 1.29 is 4.74 Å². The predicted octanol–water partition coefficient (Wildman–Crippen LogP) is 4.73. The second kappa shape index (κ2) is 8.25. The minimum absolute atomic E-state index is 0.233. The zero-order valence-corrected chi connectivity index (χ0v) is 13.9. The first-order chi connectivity index (χ1) is 11.2. The van der Waals surface area contributed by atoms with Crippen molar-refractivity contribution in [2.45, 2.75) is 39.3 Å². The van der Waals surface area contributed by atoms with Gasteiger partial charge in [-0.25, -0.2) is 4.98 Å². The van der Waals surface area contributed by atoms with E-state index >= 15 is 0 Å². The van der Waals surface area contributed by atoms with Crippen LogP contribution in [0.15, 0.2) is 41.8 Å². The van der Waals surface area contributed by atoms with Crippen LogP contribution in [-0.4, -0.2) is 16.7 Å². The third-order valence-electron chi connectivity index (χ3n) is 4.20. The summed E-state index contributed by atoms with van der Waals surface area (Å²) in [6.07, 6.45) is 5.61. The molecule has 0 fully saturated rings. The predicted molar refractivity (Wildman–Crippen MR) is 90.3 cm³/mol. The molecule has 0 aliphatic rings. The molecule has 0 amide bonds. The van der Waals surface area contributed by atoms with E-state index in [1.165, 1.54) is 0 Å². The van der Waals surface area contributed by atoms with Crippen LogP contribution in [0.1, 0.15) is 44.1 Å². The molecule has 0 saturated heterocycles. The lowest BCUT2D eigenvalue weighted by molar-refractivity contribution is 0.382. The standard InChI is InChI=1S/C17H23N5O/c1-4-14(5-2)16(20-21-18)17-19-10-11-22(17)12-13-6-8-15(23-3)9-7-13/h6-11,14,16H,4-5,12H2,1-3H3. The van der Waals surface area contributed by atoms with Crippen LogP contribution in [0, 0.1) is 5.92 Å². The molecule has 1 unspecified atom stereocenters. The van der Waals surface area contributed by atoms with E-state index in [0.29, 0.717) is 12.5 Å². The summed E-state index contributed by atoms with van der Waals surface area (Å²) < 4.78 is 7.24. The Morgan fingerprint density at radius 2 is 1.96 bits per heavy atom. The first kappa shape index (κ1) is 16.9. The number of rotatable bonds is 8. The Hall–Kier alpha value is -2.46. The van der Waals surface area contributed by atoms with Crippen molar-refractivity contribution >= 4 is 0 Å². The van der Waals surface area contributed by atoms with Crippen LogP contribution >= 0.6 is 0 Å². The number of hydrogen-bond acceptors (Lipinski definition) is 3. The summed E-state index contributed by atoms with van der Waals surface area (Å²) in [7, 11) is 1.66. The summed E-state index contributed by atoms with van der Waals surface area (Å²) in [6.45, 7) is 4.92. The van der Waals surface area contributed by atoms with E-state index in [1.54, 1.807) is 13.3 Å². The number of benzene rings is 1. The second-order valence-corrected chi connectivity index (χ2v) is 5.49. The number of azide groups is 1. The van der Waals surface area contributed by atoms with Crippen molar-refractivity contribution in [3.05, 3.63) is 58.5 Å². The number of hydrogen-bond donors (Lipinski definition) is 0. The van der Waals surface area contributed by atoms with Gasteiger partial charge < -0.3 is 9.30 Å². The maximum atomic E-state index is 8.92. The molecule has 0 N–H and O–H groups in total. The molecule has 2 rings (SSSR count). The van der Waals surface area contributed by atoms with Crippen LogP contribution in [0.4, 0.5) is 0 Å². The average Bonchev–Trinajstić information content (AvgIpc) is 3.03. The summed E-state index contributed by atoms with van der Waals surface area (Å²) in [6, 6.07) is 7.71. The van der Waals surface area contributed by atoms with E-state index in [-0.39, 0.29) is 6.04 Å². The zero-order valence-electron chi connectivity index (χ0n) is 13.9. The molecule has 0 radical (unpaired) electrons. The molecule has 0 saturated carbocycles. The van der Waals surface area contributed by atoms with E-state index in [9.17, 15) is 0 Å². The topological polar surface area (TPSA) is 75.8 Å². The van der Waals surface area contributed by atoms with E-state index < -0.39 is 0 Å². The molecule has 0 aliphatic heterocycles. The van der Waals surface area contributed by atoms with Crippen molar-refractivity contribution in [3.8, 4) is 5.75 Å². The Morgan fingerprint density at radius 3 is 2.52 bits per heavy atom. The van der Waals surface area contributed by atoms with Crippen LogP contribution in [-0.2, 0) is 6.54 Å². The van der Waals surface area contributed by atoms with E-state index in [1.807, 2.05) is 30.5 Å². The molecule has 0 bridgehead atoms. The van der Waals surface area contributed by atoms with Gasteiger partial charge >= 0.3 is 0 Å². The van der Waals surface area contributed by atoms with Gasteiger partial charge in [-0.15, -0.1) is 0 Å². The van der Waals surface area contributed by atoms with E-state index in [2.05, 4.69) is 33.4 Å². The number of methoxy groups -OCH3 is 1. The first-order valence-corrected chi connectivity index (χ1v) is 7.91. The van der Waals surface area contributed by atoms with Crippen molar-refractivity contribution in [1.29, 1.82) is 0 Å². The van der Waals surface area contributed by atoms with Crippen molar-refractivity contribution in [1.82, 2.24) is 9.55 Å². The Kier molecular flexibility index (Phi) is 6.06. The lowest BCUT2D eigenvalue weighted by atomic mass is 9.94. The molecule has 2 aromatic rings. The van der Waals surface area contributed by atoms with Gasteiger partial charge in [0, 0.05) is 23.9 Å². The van der Waals surface area contributed by atoms with Gasteiger partial charge in [0.05, 0.1) is 13.2 Å². The number of ether oxygens (including phenoxy) is 1. The maximum absolute atomic E-state index is 8.92. The molecule has 23 heavy (non-hydrogen) atoms. The smallest absolute Gasteiger partial charge is 0.118 e. The highest BCUT2D eigenvalue weighted by Gasteiger charge is 2.23. The van der Waals surface area contributed by atoms with E-state index in [0.717, 1.165) is 30.0 Å². The fourth-order valence-electron chi connectivity index (χ4n) is 2.80. The molecular weight excluding hydrogens is 290 g/mol. The Labute approximate surface area is 136 Å². The highest BCUT2D eigenvalue weighted by molar-refractivity contribution is 5.27. The lowest BCUT2D eigenvalue weighted by Crippen LogP contribution is -2.15. The summed E-state index contributed by atoms with van der Waals surface area (Å²) in [5, 5.41) is 4.02.